The number of nitrogens with one attached hydrogen (secondary N) is 1. The van der Waals surface area contributed by atoms with E-state index >= 15 is 0 Å². The molecule has 1 aromatic heterocycles. The number of rotatable bonds is 6. The number of carbonyl (C=O) groups excluding carboxylic acids is 1. The highest BCUT2D eigenvalue weighted by atomic mass is 35.5. The van der Waals surface area contributed by atoms with E-state index in [0.717, 1.165) is 11.3 Å². The molecule has 3 rings (SSSR count). The smallest absolute Gasteiger partial charge is 0.234 e. The summed E-state index contributed by atoms with van der Waals surface area (Å²) in [6.07, 6.45) is 0. The topological polar surface area (TPSA) is 72.7 Å². The second kappa shape index (κ2) is 8.54. The van der Waals surface area contributed by atoms with Crippen LogP contribution in [-0.2, 0) is 4.79 Å². The van der Waals surface area contributed by atoms with E-state index in [-0.39, 0.29) is 11.7 Å². The summed E-state index contributed by atoms with van der Waals surface area (Å²) < 4.78 is 1.63. The van der Waals surface area contributed by atoms with Crippen LogP contribution in [0.2, 0.25) is 5.02 Å². The minimum Gasteiger partial charge on any atom is -0.324 e. The quantitative estimate of drug-likeness (QED) is 0.616. The highest BCUT2D eigenvalue weighted by Gasteiger charge is 2.13. The summed E-state index contributed by atoms with van der Waals surface area (Å²) in [6.45, 7) is 6.24. The normalized spacial score (nSPS) is 11.0. The van der Waals surface area contributed by atoms with Crippen molar-refractivity contribution in [3.63, 3.8) is 0 Å². The van der Waals surface area contributed by atoms with Crippen molar-refractivity contribution >= 4 is 35.0 Å². The molecule has 0 aliphatic rings. The van der Waals surface area contributed by atoms with Crippen LogP contribution in [0.15, 0.2) is 47.6 Å². The summed E-state index contributed by atoms with van der Waals surface area (Å²) in [4.78, 5) is 12.2. The number of benzene rings is 2. The molecule has 140 valence electrons. The number of tetrazole rings is 1. The largest absolute Gasteiger partial charge is 0.324 e. The molecule has 27 heavy (non-hydrogen) atoms. The molecule has 1 heterocycles. The molecule has 0 aliphatic heterocycles. The molecular weight excluding hydrogens is 382 g/mol. The molecule has 0 spiro atoms. The first-order chi connectivity index (χ1) is 12.9. The summed E-state index contributed by atoms with van der Waals surface area (Å²) >= 11 is 7.42. The number of carbonyl (C=O) groups is 1. The monoisotopic (exact) mass is 401 g/mol. The van der Waals surface area contributed by atoms with Gasteiger partial charge in [0.15, 0.2) is 0 Å². The van der Waals surface area contributed by atoms with Crippen molar-refractivity contribution in [3.05, 3.63) is 58.6 Å². The van der Waals surface area contributed by atoms with E-state index in [9.17, 15) is 4.79 Å². The lowest BCUT2D eigenvalue weighted by Gasteiger charge is -2.09. The molecule has 0 bridgehead atoms. The molecule has 0 unspecified atom stereocenters. The van der Waals surface area contributed by atoms with Gasteiger partial charge in [-0.25, -0.2) is 0 Å². The van der Waals surface area contributed by atoms with Gasteiger partial charge in [-0.3, -0.25) is 4.79 Å². The maximum absolute atomic E-state index is 12.2. The van der Waals surface area contributed by atoms with Crippen LogP contribution in [0.4, 0.5) is 5.69 Å². The summed E-state index contributed by atoms with van der Waals surface area (Å²) in [5.74, 6) is 0.462. The van der Waals surface area contributed by atoms with E-state index in [0.29, 0.717) is 21.8 Å². The zero-order valence-electron chi connectivity index (χ0n) is 15.3. The third kappa shape index (κ3) is 4.87. The van der Waals surface area contributed by atoms with Gasteiger partial charge in [-0.1, -0.05) is 55.4 Å². The Morgan fingerprint density at radius 3 is 2.63 bits per heavy atom. The Labute approximate surface area is 167 Å². The van der Waals surface area contributed by atoms with Crippen LogP contribution >= 0.6 is 23.4 Å². The third-order valence-corrected chi connectivity index (χ3v) is 5.21. The molecule has 8 heteroatoms. The van der Waals surface area contributed by atoms with Crippen molar-refractivity contribution in [2.75, 3.05) is 11.1 Å². The van der Waals surface area contributed by atoms with Crippen LogP contribution in [0.25, 0.3) is 5.69 Å². The van der Waals surface area contributed by atoms with Gasteiger partial charge in [0.1, 0.15) is 0 Å². The van der Waals surface area contributed by atoms with E-state index in [1.54, 1.807) is 10.7 Å². The molecule has 0 saturated carbocycles. The van der Waals surface area contributed by atoms with Crippen molar-refractivity contribution in [2.45, 2.75) is 31.8 Å². The molecule has 0 fully saturated rings. The molecule has 6 nitrogen and oxygen atoms in total. The molecule has 0 aliphatic carbocycles. The van der Waals surface area contributed by atoms with Gasteiger partial charge < -0.3 is 5.32 Å². The minimum atomic E-state index is -0.171. The lowest BCUT2D eigenvalue weighted by Crippen LogP contribution is -2.15. The van der Waals surface area contributed by atoms with E-state index in [2.05, 4.69) is 46.8 Å². The predicted octanol–water partition coefficient (Wildman–Crippen LogP) is 4.48. The molecule has 1 amide bonds. The fraction of sp³-hybridized carbons (Fsp3) is 0.263. The fourth-order valence-electron chi connectivity index (χ4n) is 2.47. The summed E-state index contributed by atoms with van der Waals surface area (Å²) in [5, 5.41) is 15.7. The summed E-state index contributed by atoms with van der Waals surface area (Å²) in [6, 6.07) is 13.6. The highest BCUT2D eigenvalue weighted by Crippen LogP contribution is 2.24. The molecule has 3 aromatic rings. The van der Waals surface area contributed by atoms with Crippen LogP contribution in [0.5, 0.6) is 0 Å². The summed E-state index contributed by atoms with van der Waals surface area (Å²) in [7, 11) is 0. The Morgan fingerprint density at radius 2 is 1.96 bits per heavy atom. The van der Waals surface area contributed by atoms with Crippen molar-refractivity contribution in [3.8, 4) is 5.69 Å². The Bertz CT molecular complexity index is 940. The summed E-state index contributed by atoms with van der Waals surface area (Å²) in [5.41, 5.74) is 3.73. The first kappa shape index (κ1) is 19.4. The Balaban J connectivity index is 1.65. The van der Waals surface area contributed by atoms with Crippen LogP contribution < -0.4 is 5.32 Å². The number of aromatic nitrogens is 4. The first-order valence-electron chi connectivity index (χ1n) is 8.51. The number of hydrogen-bond acceptors (Lipinski definition) is 5. The molecule has 2 aromatic carbocycles. The maximum Gasteiger partial charge on any atom is 0.234 e. The zero-order chi connectivity index (χ0) is 19.4. The van der Waals surface area contributed by atoms with Gasteiger partial charge in [0.25, 0.3) is 0 Å². The maximum atomic E-state index is 12.2. The molecular formula is C19H20ClN5OS. The standard InChI is InChI=1S/C19H20ClN5OS/c1-12(2)14-5-7-15(8-6-14)25-19(22-23-24-25)27-11-18(26)21-17-9-4-13(3)10-16(17)20/h4-10,12H,11H2,1-3H3,(H,21,26). The number of aryl methyl sites for hydroxylation is 1. The zero-order valence-corrected chi connectivity index (χ0v) is 16.9. The number of hydrogen-bond donors (Lipinski definition) is 1. The first-order valence-corrected chi connectivity index (χ1v) is 9.88. The molecule has 1 N–H and O–H groups in total. The minimum absolute atomic E-state index is 0.171. The number of halogens is 1. The molecule has 0 atom stereocenters. The number of anilines is 1. The van der Waals surface area contributed by atoms with Crippen LogP contribution in [0.3, 0.4) is 0 Å². The van der Waals surface area contributed by atoms with Gasteiger partial charge in [0.05, 0.1) is 22.2 Å². The Kier molecular flexibility index (Phi) is 6.13. The van der Waals surface area contributed by atoms with E-state index in [1.807, 2.05) is 31.2 Å². The molecule has 0 radical (unpaired) electrons. The number of amides is 1. The van der Waals surface area contributed by atoms with Gasteiger partial charge in [-0.05, 0) is 58.7 Å². The lowest BCUT2D eigenvalue weighted by atomic mass is 10.0. The average Bonchev–Trinajstić information content (AvgIpc) is 3.11. The van der Waals surface area contributed by atoms with Crippen LogP contribution in [0.1, 0.15) is 30.9 Å². The average molecular weight is 402 g/mol. The predicted molar refractivity (Wildman–Crippen MR) is 109 cm³/mol. The van der Waals surface area contributed by atoms with E-state index < -0.39 is 0 Å². The van der Waals surface area contributed by atoms with Crippen molar-refractivity contribution in [1.82, 2.24) is 20.2 Å². The Morgan fingerprint density at radius 1 is 1.22 bits per heavy atom. The Hall–Kier alpha value is -2.38. The van der Waals surface area contributed by atoms with Crippen molar-refractivity contribution < 1.29 is 4.79 Å². The second-order valence-corrected chi connectivity index (χ2v) is 7.79. The van der Waals surface area contributed by atoms with Crippen LogP contribution in [-0.4, -0.2) is 31.9 Å². The number of nitrogens with zero attached hydrogens (tertiary/aromatic N) is 4. The second-order valence-electron chi connectivity index (χ2n) is 6.44. The number of thioether (sulfide) groups is 1. The van der Waals surface area contributed by atoms with Gasteiger partial charge >= 0.3 is 0 Å². The lowest BCUT2D eigenvalue weighted by molar-refractivity contribution is -0.113. The van der Waals surface area contributed by atoms with Gasteiger partial charge in [0, 0.05) is 0 Å². The van der Waals surface area contributed by atoms with E-state index in [1.165, 1.54) is 17.3 Å². The van der Waals surface area contributed by atoms with Gasteiger partial charge in [-0.15, -0.1) is 5.10 Å². The third-order valence-electron chi connectivity index (χ3n) is 3.98. The highest BCUT2D eigenvalue weighted by molar-refractivity contribution is 7.99. The van der Waals surface area contributed by atoms with Gasteiger partial charge in [0.2, 0.25) is 11.1 Å². The van der Waals surface area contributed by atoms with Crippen LogP contribution in [0, 0.1) is 6.92 Å². The van der Waals surface area contributed by atoms with Crippen molar-refractivity contribution in [2.24, 2.45) is 0 Å². The van der Waals surface area contributed by atoms with Gasteiger partial charge in [-0.2, -0.15) is 4.68 Å². The van der Waals surface area contributed by atoms with Crippen molar-refractivity contribution in [1.29, 1.82) is 0 Å². The SMILES string of the molecule is Cc1ccc(NC(=O)CSc2nnnn2-c2ccc(C(C)C)cc2)c(Cl)c1. The fourth-order valence-corrected chi connectivity index (χ4v) is 3.44. The van der Waals surface area contributed by atoms with E-state index in [4.69, 9.17) is 11.6 Å². The molecule has 0 saturated heterocycles.